The minimum Gasteiger partial charge on any atom is -0.376 e. The number of amides is 3. The zero-order valence-corrected chi connectivity index (χ0v) is 22.9. The van der Waals surface area contributed by atoms with Gasteiger partial charge in [-0.15, -0.1) is 0 Å². The van der Waals surface area contributed by atoms with E-state index in [-0.39, 0.29) is 36.2 Å². The molecule has 2 fully saturated rings. The molecular weight excluding hydrogens is 554 g/mol. The van der Waals surface area contributed by atoms with Crippen LogP contribution in [-0.2, 0) is 33.8 Å². The van der Waals surface area contributed by atoms with Crippen LogP contribution in [0.5, 0.6) is 0 Å². The number of rotatable bonds is 8. The van der Waals surface area contributed by atoms with Gasteiger partial charge in [0.1, 0.15) is 6.54 Å². The summed E-state index contributed by atoms with van der Waals surface area (Å²) in [6.45, 7) is 3.73. The van der Waals surface area contributed by atoms with Crippen LogP contribution in [0.25, 0.3) is 17.0 Å². The molecule has 0 aliphatic carbocycles. The number of aromatic nitrogens is 1. The first-order chi connectivity index (χ1) is 17.9. The molecule has 2 aromatic carbocycles. The topological polar surface area (TPSA) is 80.6 Å². The molecule has 192 valence electrons. The minimum absolute atomic E-state index is 0.0835. The monoisotopic (exact) mass is 581 g/mol. The van der Waals surface area contributed by atoms with E-state index in [0.717, 1.165) is 69.7 Å². The Hall–Kier alpha value is -2.88. The highest BCUT2D eigenvalue weighted by atomic mass is 79.9. The lowest BCUT2D eigenvalue weighted by molar-refractivity contribution is -0.123. The zero-order valence-electron chi connectivity index (χ0n) is 20.5. The van der Waals surface area contributed by atoms with Crippen LogP contribution in [-0.4, -0.2) is 45.8 Å². The number of nitrogens with one attached hydrogen (secondary N) is 1. The van der Waals surface area contributed by atoms with Crippen LogP contribution >= 0.6 is 27.7 Å². The van der Waals surface area contributed by atoms with E-state index in [1.807, 2.05) is 47.2 Å². The number of aryl methyl sites for hydroxylation is 1. The number of nitrogens with zero attached hydrogens (tertiary/aromatic N) is 2. The zero-order chi connectivity index (χ0) is 25.9. The molecule has 0 radical (unpaired) electrons. The molecule has 3 amide bonds. The average molecular weight is 583 g/mol. The second kappa shape index (κ2) is 11.2. The number of hydrogen-bond donors (Lipinski definition) is 1. The van der Waals surface area contributed by atoms with Crippen LogP contribution in [0.1, 0.15) is 36.5 Å². The Morgan fingerprint density at radius 2 is 2.03 bits per heavy atom. The predicted molar refractivity (Wildman–Crippen MR) is 149 cm³/mol. The second-order valence-corrected chi connectivity index (χ2v) is 11.1. The highest BCUT2D eigenvalue weighted by Crippen LogP contribution is 2.35. The van der Waals surface area contributed by atoms with Crippen LogP contribution in [0, 0.1) is 0 Å². The van der Waals surface area contributed by atoms with Gasteiger partial charge in [0.15, 0.2) is 0 Å². The summed E-state index contributed by atoms with van der Waals surface area (Å²) in [6, 6.07) is 13.6. The number of imide groups is 1. The van der Waals surface area contributed by atoms with Gasteiger partial charge in [-0.05, 0) is 60.4 Å². The van der Waals surface area contributed by atoms with Crippen molar-refractivity contribution in [2.24, 2.45) is 0 Å². The first kappa shape index (κ1) is 25.8. The number of hydrogen-bond acceptors (Lipinski definition) is 5. The van der Waals surface area contributed by atoms with Gasteiger partial charge in [-0.1, -0.05) is 53.2 Å². The van der Waals surface area contributed by atoms with Crippen LogP contribution in [0.15, 0.2) is 58.0 Å². The van der Waals surface area contributed by atoms with Gasteiger partial charge in [0, 0.05) is 34.8 Å². The summed E-state index contributed by atoms with van der Waals surface area (Å²) in [5, 5.41) is 3.65. The smallest absolute Gasteiger partial charge is 0.293 e. The lowest BCUT2D eigenvalue weighted by atomic mass is 10.1. The summed E-state index contributed by atoms with van der Waals surface area (Å²) in [4.78, 5) is 40.3. The molecule has 1 aromatic heterocycles. The molecule has 5 rings (SSSR count). The Bertz CT molecular complexity index is 1380. The third-order valence-electron chi connectivity index (χ3n) is 6.67. The van der Waals surface area contributed by atoms with Crippen LogP contribution < -0.4 is 5.32 Å². The molecule has 9 heteroatoms. The first-order valence-electron chi connectivity index (χ1n) is 12.4. The van der Waals surface area contributed by atoms with E-state index in [4.69, 9.17) is 4.74 Å². The number of carbonyl (C=O) groups is 3. The van der Waals surface area contributed by atoms with Crippen molar-refractivity contribution in [1.82, 2.24) is 14.8 Å². The summed E-state index contributed by atoms with van der Waals surface area (Å²) in [5.74, 6) is -0.389. The van der Waals surface area contributed by atoms with Gasteiger partial charge in [-0.3, -0.25) is 19.3 Å². The fourth-order valence-electron chi connectivity index (χ4n) is 4.78. The summed E-state index contributed by atoms with van der Waals surface area (Å²) < 4.78 is 8.49. The number of fused-ring (bicyclic) bond motifs is 1. The molecule has 0 spiro atoms. The van der Waals surface area contributed by atoms with Gasteiger partial charge in [0.25, 0.3) is 11.1 Å². The van der Waals surface area contributed by atoms with Crippen molar-refractivity contribution in [2.75, 3.05) is 13.2 Å². The normalized spacial score (nSPS) is 18.9. The maximum absolute atomic E-state index is 13.2. The lowest BCUT2D eigenvalue weighted by Crippen LogP contribution is -2.34. The van der Waals surface area contributed by atoms with Crippen molar-refractivity contribution in [3.8, 4) is 0 Å². The first-order valence-corrected chi connectivity index (χ1v) is 14.0. The Balaban J connectivity index is 1.40. The summed E-state index contributed by atoms with van der Waals surface area (Å²) in [7, 11) is 0. The van der Waals surface area contributed by atoms with Gasteiger partial charge in [0.2, 0.25) is 5.91 Å². The van der Waals surface area contributed by atoms with Crippen molar-refractivity contribution < 1.29 is 19.1 Å². The highest BCUT2D eigenvalue weighted by molar-refractivity contribution is 9.10. The molecule has 0 saturated carbocycles. The number of para-hydroxylation sites is 1. The molecule has 7 nitrogen and oxygen atoms in total. The van der Waals surface area contributed by atoms with Crippen molar-refractivity contribution in [3.05, 3.63) is 74.7 Å². The van der Waals surface area contributed by atoms with E-state index in [2.05, 4.69) is 34.2 Å². The lowest BCUT2D eigenvalue weighted by Gasteiger charge is -2.12. The number of thioether (sulfide) groups is 1. The average Bonchev–Trinajstić information content (AvgIpc) is 3.60. The largest absolute Gasteiger partial charge is 0.376 e. The SMILES string of the molecule is CCc1cccc2c(/C=C3\SC(=O)N(Cc4ccc(Br)cc4)C3=O)cn(CC(=O)NC[C@H]3CCCO3)c12. The standard InChI is InChI=1S/C28H28BrN3O4S/c1-2-19-5-3-7-23-20(16-31(26(19)23)17-25(33)30-14-22-6-4-12-36-22)13-24-27(34)32(28(35)37-24)15-18-8-10-21(29)11-9-18/h3,5,7-11,13,16,22H,2,4,6,12,14-15,17H2,1H3,(H,30,33)/b24-13-/t22-/m1/s1. The molecule has 0 unspecified atom stereocenters. The summed E-state index contributed by atoms with van der Waals surface area (Å²) in [5.41, 5.74) is 3.78. The molecule has 0 bridgehead atoms. The number of benzene rings is 2. The number of halogens is 1. The Kier molecular flexibility index (Phi) is 7.83. The van der Waals surface area contributed by atoms with E-state index in [0.29, 0.717) is 11.4 Å². The minimum atomic E-state index is -0.306. The Morgan fingerprint density at radius 1 is 1.22 bits per heavy atom. The van der Waals surface area contributed by atoms with Crippen LogP contribution in [0.4, 0.5) is 4.79 Å². The van der Waals surface area contributed by atoms with Gasteiger partial charge in [-0.2, -0.15) is 0 Å². The van der Waals surface area contributed by atoms with Gasteiger partial charge in [-0.25, -0.2) is 0 Å². The van der Waals surface area contributed by atoms with E-state index in [9.17, 15) is 14.4 Å². The van der Waals surface area contributed by atoms with Crippen LogP contribution in [0.3, 0.4) is 0 Å². The van der Waals surface area contributed by atoms with Crippen molar-refractivity contribution >= 4 is 61.7 Å². The van der Waals surface area contributed by atoms with Crippen molar-refractivity contribution in [1.29, 1.82) is 0 Å². The summed E-state index contributed by atoms with van der Waals surface area (Å²) >= 11 is 4.36. The summed E-state index contributed by atoms with van der Waals surface area (Å²) in [6.07, 6.45) is 6.56. The number of ether oxygens (including phenoxy) is 1. The molecule has 37 heavy (non-hydrogen) atoms. The van der Waals surface area contributed by atoms with Crippen molar-refractivity contribution in [3.63, 3.8) is 0 Å². The van der Waals surface area contributed by atoms with Crippen LogP contribution in [0.2, 0.25) is 0 Å². The van der Waals surface area contributed by atoms with E-state index in [1.165, 1.54) is 4.90 Å². The molecule has 1 atom stereocenters. The molecule has 2 aliphatic heterocycles. The fraction of sp³-hybridized carbons (Fsp3) is 0.321. The van der Waals surface area contributed by atoms with Gasteiger partial charge >= 0.3 is 0 Å². The molecule has 3 aromatic rings. The van der Waals surface area contributed by atoms with E-state index >= 15 is 0 Å². The maximum Gasteiger partial charge on any atom is 0.293 e. The molecular formula is C28H28BrN3O4S. The molecule has 2 saturated heterocycles. The second-order valence-electron chi connectivity index (χ2n) is 9.21. The molecule has 2 aliphatic rings. The van der Waals surface area contributed by atoms with E-state index in [1.54, 1.807) is 6.08 Å². The predicted octanol–water partition coefficient (Wildman–Crippen LogP) is 5.50. The molecule has 1 N–H and O–H groups in total. The Labute approximate surface area is 228 Å². The Morgan fingerprint density at radius 3 is 2.76 bits per heavy atom. The van der Waals surface area contributed by atoms with Gasteiger partial charge < -0.3 is 14.6 Å². The van der Waals surface area contributed by atoms with E-state index < -0.39 is 0 Å². The molecule has 3 heterocycles. The van der Waals surface area contributed by atoms with Crippen molar-refractivity contribution in [2.45, 2.75) is 45.4 Å². The maximum atomic E-state index is 13.2. The highest BCUT2D eigenvalue weighted by Gasteiger charge is 2.35. The van der Waals surface area contributed by atoms with Gasteiger partial charge in [0.05, 0.1) is 23.1 Å². The third kappa shape index (κ3) is 5.68. The number of carbonyl (C=O) groups excluding carboxylic acids is 3. The quantitative estimate of drug-likeness (QED) is 0.355. The third-order valence-corrected chi connectivity index (χ3v) is 8.11. The fourth-order valence-corrected chi connectivity index (χ4v) is 5.88.